The molecule has 0 fully saturated rings. The average molecular weight is 194 g/mol. The van der Waals surface area contributed by atoms with Crippen LogP contribution in [0.15, 0.2) is 12.1 Å². The zero-order valence-electron chi connectivity index (χ0n) is 8.63. The van der Waals surface area contributed by atoms with Crippen molar-refractivity contribution in [1.82, 2.24) is 0 Å². The number of aryl methyl sites for hydroxylation is 2. The molecule has 4 heteroatoms. The number of rotatable bonds is 3. The van der Waals surface area contributed by atoms with Crippen molar-refractivity contribution in [3.8, 4) is 0 Å². The van der Waals surface area contributed by atoms with Crippen molar-refractivity contribution in [3.63, 3.8) is 0 Å². The molecule has 0 atom stereocenters. The molecule has 0 aromatic heterocycles. The predicted octanol–water partition coefficient (Wildman–Crippen LogP) is 2.64. The third-order valence-corrected chi connectivity index (χ3v) is 2.05. The molecule has 0 saturated heterocycles. The summed E-state index contributed by atoms with van der Waals surface area (Å²) in [6.45, 7) is 6.32. The average Bonchev–Trinajstić information content (AvgIpc) is 2.01. The highest BCUT2D eigenvalue weighted by molar-refractivity contribution is 5.58. The predicted molar refractivity (Wildman–Crippen MR) is 56.7 cm³/mol. The number of anilines is 1. The van der Waals surface area contributed by atoms with Crippen molar-refractivity contribution >= 4 is 11.4 Å². The summed E-state index contributed by atoms with van der Waals surface area (Å²) in [5.41, 5.74) is 2.55. The Kier molecular flexibility index (Phi) is 3.06. The summed E-state index contributed by atoms with van der Waals surface area (Å²) in [4.78, 5) is 10.4. The van der Waals surface area contributed by atoms with Crippen LogP contribution >= 0.6 is 0 Å². The molecule has 0 aliphatic rings. The molecule has 0 heterocycles. The van der Waals surface area contributed by atoms with Crippen LogP contribution in [-0.2, 0) is 0 Å². The zero-order chi connectivity index (χ0) is 10.7. The fourth-order valence-electron chi connectivity index (χ4n) is 1.55. The molecule has 14 heavy (non-hydrogen) atoms. The van der Waals surface area contributed by atoms with E-state index in [0.717, 1.165) is 12.2 Å². The Morgan fingerprint density at radius 1 is 1.36 bits per heavy atom. The van der Waals surface area contributed by atoms with Gasteiger partial charge in [0.15, 0.2) is 0 Å². The van der Waals surface area contributed by atoms with Crippen molar-refractivity contribution in [1.29, 1.82) is 0 Å². The van der Waals surface area contributed by atoms with Gasteiger partial charge in [-0.25, -0.2) is 0 Å². The maximum atomic E-state index is 10.7. The van der Waals surface area contributed by atoms with Gasteiger partial charge in [0.1, 0.15) is 0 Å². The second-order valence-electron chi connectivity index (χ2n) is 3.25. The molecule has 0 radical (unpaired) electrons. The van der Waals surface area contributed by atoms with E-state index in [1.54, 1.807) is 26.0 Å². The SMILES string of the molecule is CCNc1cc(C)c([N+](=O)[O-])c(C)c1. The van der Waals surface area contributed by atoms with Crippen molar-refractivity contribution < 1.29 is 4.92 Å². The summed E-state index contributed by atoms with van der Waals surface area (Å²) in [7, 11) is 0. The van der Waals surface area contributed by atoms with Gasteiger partial charge in [-0.3, -0.25) is 10.1 Å². The van der Waals surface area contributed by atoms with E-state index >= 15 is 0 Å². The highest BCUT2D eigenvalue weighted by atomic mass is 16.6. The molecule has 1 rings (SSSR count). The molecular weight excluding hydrogens is 180 g/mol. The molecule has 76 valence electrons. The monoisotopic (exact) mass is 194 g/mol. The minimum absolute atomic E-state index is 0.214. The van der Waals surface area contributed by atoms with Crippen LogP contribution in [0.4, 0.5) is 11.4 Å². The molecule has 0 aliphatic heterocycles. The number of nitrogens with zero attached hydrogens (tertiary/aromatic N) is 1. The molecule has 0 amide bonds. The van der Waals surface area contributed by atoms with Gasteiger partial charge in [-0.15, -0.1) is 0 Å². The summed E-state index contributed by atoms with van der Waals surface area (Å²) in [6.07, 6.45) is 0. The Balaban J connectivity index is 3.18. The fraction of sp³-hybridized carbons (Fsp3) is 0.400. The van der Waals surface area contributed by atoms with Crippen LogP contribution in [0.3, 0.4) is 0 Å². The molecule has 1 aromatic carbocycles. The Bertz CT molecular complexity index is 338. The first-order chi connectivity index (χ1) is 6.56. The fourth-order valence-corrected chi connectivity index (χ4v) is 1.55. The minimum Gasteiger partial charge on any atom is -0.385 e. The number of nitro groups is 1. The van der Waals surface area contributed by atoms with E-state index in [1.807, 2.05) is 6.92 Å². The van der Waals surface area contributed by atoms with Crippen LogP contribution in [0.5, 0.6) is 0 Å². The van der Waals surface area contributed by atoms with Gasteiger partial charge < -0.3 is 5.32 Å². The lowest BCUT2D eigenvalue weighted by molar-refractivity contribution is -0.386. The van der Waals surface area contributed by atoms with Crippen molar-refractivity contribution in [3.05, 3.63) is 33.4 Å². The van der Waals surface area contributed by atoms with Crippen molar-refractivity contribution in [2.24, 2.45) is 0 Å². The number of hydrogen-bond acceptors (Lipinski definition) is 3. The second kappa shape index (κ2) is 4.09. The molecule has 0 saturated carbocycles. The maximum absolute atomic E-state index is 10.7. The van der Waals surface area contributed by atoms with Gasteiger partial charge >= 0.3 is 0 Å². The summed E-state index contributed by atoms with van der Waals surface area (Å²) in [5.74, 6) is 0. The molecular formula is C10H14N2O2. The lowest BCUT2D eigenvalue weighted by Crippen LogP contribution is -2.00. The van der Waals surface area contributed by atoms with E-state index in [2.05, 4.69) is 5.32 Å². The topological polar surface area (TPSA) is 55.2 Å². The normalized spacial score (nSPS) is 9.93. The number of nitro benzene ring substituents is 1. The standard InChI is InChI=1S/C10H14N2O2/c1-4-11-9-5-7(2)10(12(13)14)8(3)6-9/h5-6,11H,4H2,1-3H3. The van der Waals surface area contributed by atoms with E-state index in [-0.39, 0.29) is 10.6 Å². The quantitative estimate of drug-likeness (QED) is 0.594. The lowest BCUT2D eigenvalue weighted by atomic mass is 10.1. The van der Waals surface area contributed by atoms with Gasteiger partial charge in [0.05, 0.1) is 4.92 Å². The van der Waals surface area contributed by atoms with Gasteiger partial charge in [0.2, 0.25) is 0 Å². The number of nitrogens with one attached hydrogen (secondary N) is 1. The second-order valence-corrected chi connectivity index (χ2v) is 3.25. The first-order valence-electron chi connectivity index (χ1n) is 4.55. The zero-order valence-corrected chi connectivity index (χ0v) is 8.63. The maximum Gasteiger partial charge on any atom is 0.275 e. The van der Waals surface area contributed by atoms with E-state index in [9.17, 15) is 10.1 Å². The van der Waals surface area contributed by atoms with Crippen LogP contribution in [0.2, 0.25) is 0 Å². The molecule has 0 aliphatic carbocycles. The third kappa shape index (κ3) is 2.02. The number of benzene rings is 1. The molecule has 0 unspecified atom stereocenters. The lowest BCUT2D eigenvalue weighted by Gasteiger charge is -2.07. The van der Waals surface area contributed by atoms with Crippen molar-refractivity contribution in [2.75, 3.05) is 11.9 Å². The highest BCUT2D eigenvalue weighted by Gasteiger charge is 2.14. The summed E-state index contributed by atoms with van der Waals surface area (Å²) < 4.78 is 0. The van der Waals surface area contributed by atoms with E-state index < -0.39 is 0 Å². The van der Waals surface area contributed by atoms with Gasteiger partial charge in [0, 0.05) is 23.4 Å². The summed E-state index contributed by atoms with van der Waals surface area (Å²) >= 11 is 0. The minimum atomic E-state index is -0.333. The first kappa shape index (κ1) is 10.5. The van der Waals surface area contributed by atoms with Crippen LogP contribution < -0.4 is 5.32 Å². The van der Waals surface area contributed by atoms with Gasteiger partial charge in [0.25, 0.3) is 5.69 Å². The van der Waals surface area contributed by atoms with Crippen LogP contribution in [0.1, 0.15) is 18.1 Å². The van der Waals surface area contributed by atoms with E-state index in [0.29, 0.717) is 11.1 Å². The van der Waals surface area contributed by atoms with Crippen LogP contribution in [0.25, 0.3) is 0 Å². The molecule has 1 N–H and O–H groups in total. The highest BCUT2D eigenvalue weighted by Crippen LogP contribution is 2.26. The Labute approximate surface area is 83.1 Å². The van der Waals surface area contributed by atoms with E-state index in [4.69, 9.17) is 0 Å². The molecule has 4 nitrogen and oxygen atoms in total. The largest absolute Gasteiger partial charge is 0.385 e. The number of hydrogen-bond donors (Lipinski definition) is 1. The van der Waals surface area contributed by atoms with Gasteiger partial charge in [-0.1, -0.05) is 0 Å². The molecule has 0 spiro atoms. The van der Waals surface area contributed by atoms with Crippen LogP contribution in [-0.4, -0.2) is 11.5 Å². The Morgan fingerprint density at radius 3 is 2.21 bits per heavy atom. The smallest absolute Gasteiger partial charge is 0.275 e. The van der Waals surface area contributed by atoms with Gasteiger partial charge in [-0.05, 0) is 32.9 Å². The molecule has 0 bridgehead atoms. The molecule has 1 aromatic rings. The third-order valence-electron chi connectivity index (χ3n) is 2.05. The summed E-state index contributed by atoms with van der Waals surface area (Å²) in [5, 5.41) is 13.8. The van der Waals surface area contributed by atoms with Gasteiger partial charge in [-0.2, -0.15) is 0 Å². The first-order valence-corrected chi connectivity index (χ1v) is 4.55. The van der Waals surface area contributed by atoms with E-state index in [1.165, 1.54) is 0 Å². The summed E-state index contributed by atoms with van der Waals surface area (Å²) in [6, 6.07) is 3.60. The Hall–Kier alpha value is -1.58. The van der Waals surface area contributed by atoms with Crippen LogP contribution in [0, 0.1) is 24.0 Å². The van der Waals surface area contributed by atoms with Crippen molar-refractivity contribution in [2.45, 2.75) is 20.8 Å². The Morgan fingerprint density at radius 2 is 1.86 bits per heavy atom.